The highest BCUT2D eigenvalue weighted by atomic mass is 32.2. The summed E-state index contributed by atoms with van der Waals surface area (Å²) in [6.45, 7) is 3.31. The van der Waals surface area contributed by atoms with E-state index >= 15 is 0 Å². The first-order chi connectivity index (χ1) is 9.54. The molecule has 2 heterocycles. The minimum Gasteiger partial charge on any atom is -0.463 e. The second-order valence-electron chi connectivity index (χ2n) is 4.48. The van der Waals surface area contributed by atoms with Gasteiger partial charge in [0, 0.05) is 20.1 Å². The van der Waals surface area contributed by atoms with Crippen molar-refractivity contribution in [1.29, 1.82) is 0 Å². The van der Waals surface area contributed by atoms with Crippen LogP contribution in [0, 0.1) is 0 Å². The van der Waals surface area contributed by atoms with Gasteiger partial charge in [0.15, 0.2) is 9.84 Å². The number of nitrogens with one attached hydrogen (secondary N) is 1. The van der Waals surface area contributed by atoms with E-state index in [1.165, 1.54) is 0 Å². The van der Waals surface area contributed by atoms with Crippen LogP contribution in [-0.4, -0.2) is 61.6 Å². The van der Waals surface area contributed by atoms with Crippen LogP contribution < -0.4 is 15.0 Å². The molecule has 112 valence electrons. The van der Waals surface area contributed by atoms with Crippen molar-refractivity contribution in [3.8, 4) is 6.01 Å². The number of sulfone groups is 1. The summed E-state index contributed by atoms with van der Waals surface area (Å²) in [5.74, 6) is 1.11. The van der Waals surface area contributed by atoms with E-state index in [4.69, 9.17) is 4.74 Å². The van der Waals surface area contributed by atoms with Crippen LogP contribution in [0.3, 0.4) is 0 Å². The molecule has 0 aromatic carbocycles. The molecule has 2 rings (SSSR count). The Morgan fingerprint density at radius 1 is 1.25 bits per heavy atom. The standard InChI is InChI=1S/C11H19N5O3S/c1-3-6-19-11-14-9(12-2)13-10(15-11)16-4-7-20(17,18)8-5-16/h3-8H2,1-2H3,(H,12,13,14,15). The predicted molar refractivity (Wildman–Crippen MR) is 76.0 cm³/mol. The van der Waals surface area contributed by atoms with Gasteiger partial charge in [0.05, 0.1) is 18.1 Å². The third kappa shape index (κ3) is 3.69. The van der Waals surface area contributed by atoms with Gasteiger partial charge in [0.1, 0.15) is 0 Å². The molecule has 1 aromatic heterocycles. The second kappa shape index (κ2) is 6.21. The number of hydrogen-bond donors (Lipinski definition) is 1. The Morgan fingerprint density at radius 2 is 1.95 bits per heavy atom. The van der Waals surface area contributed by atoms with E-state index in [9.17, 15) is 8.42 Å². The van der Waals surface area contributed by atoms with Crippen LogP contribution in [0.25, 0.3) is 0 Å². The molecule has 8 nitrogen and oxygen atoms in total. The highest BCUT2D eigenvalue weighted by Gasteiger charge is 2.24. The molecule has 1 aliphatic rings. The maximum atomic E-state index is 11.4. The molecular formula is C11H19N5O3S. The molecular weight excluding hydrogens is 282 g/mol. The van der Waals surface area contributed by atoms with Crippen LogP contribution >= 0.6 is 0 Å². The first kappa shape index (κ1) is 14.8. The molecule has 1 fully saturated rings. The van der Waals surface area contributed by atoms with Crippen LogP contribution in [0.1, 0.15) is 13.3 Å². The summed E-state index contributed by atoms with van der Waals surface area (Å²) in [4.78, 5) is 14.4. The van der Waals surface area contributed by atoms with Gasteiger partial charge in [-0.05, 0) is 6.42 Å². The number of hydrogen-bond acceptors (Lipinski definition) is 8. The quantitative estimate of drug-likeness (QED) is 0.807. The van der Waals surface area contributed by atoms with Crippen molar-refractivity contribution in [2.75, 3.05) is 48.5 Å². The maximum absolute atomic E-state index is 11.4. The lowest BCUT2D eigenvalue weighted by atomic mass is 10.5. The van der Waals surface area contributed by atoms with Crippen LogP contribution in [0.5, 0.6) is 6.01 Å². The molecule has 20 heavy (non-hydrogen) atoms. The van der Waals surface area contributed by atoms with Crippen LogP contribution in [-0.2, 0) is 9.84 Å². The van der Waals surface area contributed by atoms with E-state index in [0.717, 1.165) is 6.42 Å². The molecule has 0 bridgehead atoms. The molecule has 1 aliphatic heterocycles. The average molecular weight is 301 g/mol. The predicted octanol–water partition coefficient (Wildman–Crippen LogP) is -0.0631. The van der Waals surface area contributed by atoms with Gasteiger partial charge in [-0.1, -0.05) is 6.92 Å². The van der Waals surface area contributed by atoms with Crippen LogP contribution in [0.2, 0.25) is 0 Å². The van der Waals surface area contributed by atoms with Gasteiger partial charge in [-0.2, -0.15) is 15.0 Å². The Bertz CT molecular complexity index is 549. The fourth-order valence-corrected chi connectivity index (χ4v) is 2.97. The monoisotopic (exact) mass is 301 g/mol. The van der Waals surface area contributed by atoms with E-state index in [-0.39, 0.29) is 17.5 Å². The number of anilines is 2. The fourth-order valence-electron chi connectivity index (χ4n) is 1.77. The lowest BCUT2D eigenvalue weighted by molar-refractivity contribution is 0.292. The SMILES string of the molecule is CCCOc1nc(NC)nc(N2CCS(=O)(=O)CC2)n1. The van der Waals surface area contributed by atoms with Gasteiger partial charge in [0.2, 0.25) is 11.9 Å². The topological polar surface area (TPSA) is 97.3 Å². The first-order valence-corrected chi connectivity index (χ1v) is 8.38. The molecule has 0 radical (unpaired) electrons. The zero-order valence-corrected chi connectivity index (χ0v) is 12.5. The van der Waals surface area contributed by atoms with Crippen molar-refractivity contribution in [3.63, 3.8) is 0 Å². The van der Waals surface area contributed by atoms with E-state index in [0.29, 0.717) is 31.6 Å². The van der Waals surface area contributed by atoms with Gasteiger partial charge in [-0.3, -0.25) is 0 Å². The zero-order chi connectivity index (χ0) is 14.6. The Morgan fingerprint density at radius 3 is 2.55 bits per heavy atom. The Hall–Kier alpha value is -1.64. The van der Waals surface area contributed by atoms with Crippen LogP contribution in [0.4, 0.5) is 11.9 Å². The first-order valence-electron chi connectivity index (χ1n) is 6.56. The van der Waals surface area contributed by atoms with E-state index in [1.54, 1.807) is 7.05 Å². The largest absolute Gasteiger partial charge is 0.463 e. The van der Waals surface area contributed by atoms with Crippen LogP contribution in [0.15, 0.2) is 0 Å². The Labute approximate surface area is 118 Å². The summed E-state index contributed by atoms with van der Waals surface area (Å²) in [6, 6.07) is 0.259. The highest BCUT2D eigenvalue weighted by Crippen LogP contribution is 2.17. The molecule has 1 aromatic rings. The van der Waals surface area contributed by atoms with Crippen molar-refractivity contribution in [1.82, 2.24) is 15.0 Å². The van der Waals surface area contributed by atoms with Gasteiger partial charge < -0.3 is 15.0 Å². The third-order valence-corrected chi connectivity index (χ3v) is 4.50. The molecule has 0 atom stereocenters. The lowest BCUT2D eigenvalue weighted by Gasteiger charge is -2.26. The number of nitrogens with zero attached hydrogens (tertiary/aromatic N) is 4. The van der Waals surface area contributed by atoms with Crippen molar-refractivity contribution in [2.24, 2.45) is 0 Å². The minimum absolute atomic E-state index is 0.124. The summed E-state index contributed by atoms with van der Waals surface area (Å²) in [7, 11) is -1.21. The van der Waals surface area contributed by atoms with E-state index < -0.39 is 9.84 Å². The molecule has 0 unspecified atom stereocenters. The molecule has 0 aliphatic carbocycles. The van der Waals surface area contributed by atoms with Gasteiger partial charge >= 0.3 is 6.01 Å². The van der Waals surface area contributed by atoms with Crippen molar-refractivity contribution >= 4 is 21.7 Å². The zero-order valence-electron chi connectivity index (χ0n) is 11.7. The normalized spacial score (nSPS) is 17.8. The van der Waals surface area contributed by atoms with Gasteiger partial charge in [0.25, 0.3) is 0 Å². The lowest BCUT2D eigenvalue weighted by Crippen LogP contribution is -2.41. The molecule has 0 saturated carbocycles. The molecule has 0 spiro atoms. The summed E-state index contributed by atoms with van der Waals surface area (Å²) < 4.78 is 28.3. The molecule has 1 N–H and O–H groups in total. The summed E-state index contributed by atoms with van der Waals surface area (Å²) >= 11 is 0. The minimum atomic E-state index is -2.92. The molecule has 1 saturated heterocycles. The van der Waals surface area contributed by atoms with Crippen molar-refractivity contribution < 1.29 is 13.2 Å². The third-order valence-electron chi connectivity index (χ3n) is 2.89. The van der Waals surface area contributed by atoms with Crippen molar-refractivity contribution in [3.05, 3.63) is 0 Å². The Balaban J connectivity index is 2.18. The number of ether oxygens (including phenoxy) is 1. The number of aromatic nitrogens is 3. The molecule has 9 heteroatoms. The summed E-state index contributed by atoms with van der Waals surface area (Å²) in [5, 5.41) is 2.85. The Kier molecular flexibility index (Phi) is 4.58. The van der Waals surface area contributed by atoms with E-state index in [1.807, 2.05) is 11.8 Å². The van der Waals surface area contributed by atoms with Crippen molar-refractivity contribution in [2.45, 2.75) is 13.3 Å². The average Bonchev–Trinajstić information content (AvgIpc) is 2.44. The summed E-state index contributed by atoms with van der Waals surface area (Å²) in [6.07, 6.45) is 0.859. The fraction of sp³-hybridized carbons (Fsp3) is 0.727. The maximum Gasteiger partial charge on any atom is 0.323 e. The van der Waals surface area contributed by atoms with Gasteiger partial charge in [-0.15, -0.1) is 0 Å². The second-order valence-corrected chi connectivity index (χ2v) is 6.78. The number of rotatable bonds is 5. The van der Waals surface area contributed by atoms with E-state index in [2.05, 4.69) is 20.3 Å². The van der Waals surface area contributed by atoms with Gasteiger partial charge in [-0.25, -0.2) is 8.42 Å². The highest BCUT2D eigenvalue weighted by molar-refractivity contribution is 7.91. The molecule has 0 amide bonds. The smallest absolute Gasteiger partial charge is 0.323 e. The summed E-state index contributed by atoms with van der Waals surface area (Å²) in [5.41, 5.74) is 0.